The lowest BCUT2D eigenvalue weighted by Crippen LogP contribution is -2.44. The van der Waals surface area contributed by atoms with E-state index in [1.807, 2.05) is 0 Å². The van der Waals surface area contributed by atoms with Crippen molar-refractivity contribution in [3.63, 3.8) is 0 Å². The van der Waals surface area contributed by atoms with Crippen molar-refractivity contribution in [2.75, 3.05) is 6.54 Å². The summed E-state index contributed by atoms with van der Waals surface area (Å²) >= 11 is 0. The maximum absolute atomic E-state index is 12.4. The van der Waals surface area contributed by atoms with E-state index >= 15 is 0 Å². The standard InChI is InChI=1S/C6H10FNO2/c7-4-1-2-5(6(9)10)8-3-4/h4-5,8H,1-3H2,(H,9,10)/t4-,5-/m0/s1. The molecular formula is C6H10FNO2. The van der Waals surface area contributed by atoms with Crippen molar-refractivity contribution in [3.8, 4) is 0 Å². The van der Waals surface area contributed by atoms with Crippen molar-refractivity contribution in [1.82, 2.24) is 5.32 Å². The second-order valence-corrected chi connectivity index (χ2v) is 2.47. The first-order valence-corrected chi connectivity index (χ1v) is 3.30. The number of piperidine rings is 1. The molecular weight excluding hydrogens is 137 g/mol. The van der Waals surface area contributed by atoms with E-state index in [1.165, 1.54) is 0 Å². The fraction of sp³-hybridized carbons (Fsp3) is 0.833. The fourth-order valence-corrected chi connectivity index (χ4v) is 1.03. The zero-order valence-corrected chi connectivity index (χ0v) is 5.51. The summed E-state index contributed by atoms with van der Waals surface area (Å²) in [6.45, 7) is 0.178. The molecule has 0 saturated carbocycles. The summed E-state index contributed by atoms with van der Waals surface area (Å²) in [6.07, 6.45) is -0.101. The van der Waals surface area contributed by atoms with Gasteiger partial charge < -0.3 is 10.4 Å². The van der Waals surface area contributed by atoms with Crippen LogP contribution >= 0.6 is 0 Å². The molecule has 0 spiro atoms. The molecule has 1 fully saturated rings. The van der Waals surface area contributed by atoms with E-state index in [-0.39, 0.29) is 6.54 Å². The van der Waals surface area contributed by atoms with Crippen molar-refractivity contribution in [1.29, 1.82) is 0 Å². The Bertz CT molecular complexity index is 132. The highest BCUT2D eigenvalue weighted by atomic mass is 19.1. The Labute approximate surface area is 58.2 Å². The molecule has 1 heterocycles. The molecule has 2 N–H and O–H groups in total. The maximum Gasteiger partial charge on any atom is 0.320 e. The van der Waals surface area contributed by atoms with Crippen molar-refractivity contribution >= 4 is 5.97 Å². The van der Waals surface area contributed by atoms with Gasteiger partial charge >= 0.3 is 5.97 Å². The van der Waals surface area contributed by atoms with Crippen molar-refractivity contribution in [2.24, 2.45) is 0 Å². The van der Waals surface area contributed by atoms with Crippen LogP contribution in [-0.4, -0.2) is 29.8 Å². The van der Waals surface area contributed by atoms with E-state index in [4.69, 9.17) is 5.11 Å². The van der Waals surface area contributed by atoms with Gasteiger partial charge in [-0.1, -0.05) is 0 Å². The maximum atomic E-state index is 12.4. The molecule has 0 bridgehead atoms. The zero-order chi connectivity index (χ0) is 7.56. The van der Waals surface area contributed by atoms with E-state index < -0.39 is 18.2 Å². The highest BCUT2D eigenvalue weighted by molar-refractivity contribution is 5.73. The number of hydrogen-bond acceptors (Lipinski definition) is 2. The Morgan fingerprint density at radius 2 is 2.30 bits per heavy atom. The molecule has 4 heteroatoms. The minimum Gasteiger partial charge on any atom is -0.480 e. The van der Waals surface area contributed by atoms with E-state index in [1.54, 1.807) is 0 Å². The number of aliphatic carboxylic acids is 1. The van der Waals surface area contributed by atoms with E-state index in [2.05, 4.69) is 5.32 Å². The summed E-state index contributed by atoms with van der Waals surface area (Å²) in [6, 6.07) is -0.535. The number of hydrogen-bond donors (Lipinski definition) is 2. The largest absolute Gasteiger partial charge is 0.480 e. The lowest BCUT2D eigenvalue weighted by molar-refractivity contribution is -0.140. The van der Waals surface area contributed by atoms with Crippen LogP contribution in [0.25, 0.3) is 0 Å². The first-order chi connectivity index (χ1) is 4.70. The number of nitrogens with one attached hydrogen (secondary N) is 1. The first-order valence-electron chi connectivity index (χ1n) is 3.30. The van der Waals surface area contributed by atoms with Gasteiger partial charge in [-0.05, 0) is 12.8 Å². The predicted octanol–water partition coefficient (Wildman–Crippen LogP) is 0.161. The van der Waals surface area contributed by atoms with Crippen molar-refractivity contribution in [3.05, 3.63) is 0 Å². The number of alkyl halides is 1. The fourth-order valence-electron chi connectivity index (χ4n) is 1.03. The number of halogens is 1. The van der Waals surface area contributed by atoms with Gasteiger partial charge in [0.15, 0.2) is 0 Å². The average molecular weight is 147 g/mol. The first kappa shape index (κ1) is 7.47. The van der Waals surface area contributed by atoms with E-state index in [9.17, 15) is 9.18 Å². The molecule has 10 heavy (non-hydrogen) atoms. The van der Waals surface area contributed by atoms with Gasteiger partial charge in [-0.15, -0.1) is 0 Å². The van der Waals surface area contributed by atoms with Crippen molar-refractivity contribution in [2.45, 2.75) is 25.1 Å². The van der Waals surface area contributed by atoms with Crippen LogP contribution in [0.2, 0.25) is 0 Å². The molecule has 0 aromatic rings. The molecule has 3 nitrogen and oxygen atoms in total. The third-order valence-corrected chi connectivity index (χ3v) is 1.65. The number of carboxylic acid groups (broad SMARTS) is 1. The van der Waals surface area contributed by atoms with Crippen LogP contribution in [0, 0.1) is 0 Å². The number of rotatable bonds is 1. The topological polar surface area (TPSA) is 49.3 Å². The van der Waals surface area contributed by atoms with Gasteiger partial charge in [0.2, 0.25) is 0 Å². The van der Waals surface area contributed by atoms with Crippen LogP contribution in [0.1, 0.15) is 12.8 Å². The molecule has 0 amide bonds. The van der Waals surface area contributed by atoms with Crippen LogP contribution in [0.5, 0.6) is 0 Å². The smallest absolute Gasteiger partial charge is 0.320 e. The van der Waals surface area contributed by atoms with Crippen LogP contribution in [0.4, 0.5) is 4.39 Å². The molecule has 0 unspecified atom stereocenters. The predicted molar refractivity (Wildman–Crippen MR) is 33.6 cm³/mol. The zero-order valence-electron chi connectivity index (χ0n) is 5.51. The van der Waals surface area contributed by atoms with Gasteiger partial charge in [0.25, 0.3) is 0 Å². The lowest BCUT2D eigenvalue weighted by atomic mass is 10.0. The molecule has 0 radical (unpaired) electrons. The summed E-state index contributed by atoms with van der Waals surface area (Å²) in [5.74, 6) is -0.883. The summed E-state index contributed by atoms with van der Waals surface area (Å²) in [5, 5.41) is 11.0. The second-order valence-electron chi connectivity index (χ2n) is 2.47. The highest BCUT2D eigenvalue weighted by Crippen LogP contribution is 2.10. The third kappa shape index (κ3) is 1.67. The van der Waals surface area contributed by atoms with E-state index in [0.29, 0.717) is 12.8 Å². The average Bonchev–Trinajstić information content (AvgIpc) is 1.88. The van der Waals surface area contributed by atoms with E-state index in [0.717, 1.165) is 0 Å². The summed E-state index contributed by atoms with van der Waals surface area (Å²) < 4.78 is 12.4. The minimum atomic E-state index is -0.883. The molecule has 0 aliphatic carbocycles. The Morgan fingerprint density at radius 1 is 1.60 bits per heavy atom. The minimum absolute atomic E-state index is 0.178. The lowest BCUT2D eigenvalue weighted by Gasteiger charge is -2.22. The van der Waals surface area contributed by atoms with Gasteiger partial charge in [-0.2, -0.15) is 0 Å². The quantitative estimate of drug-likeness (QED) is 0.555. The monoisotopic (exact) mass is 147 g/mol. The van der Waals surface area contributed by atoms with Crippen LogP contribution in [0.3, 0.4) is 0 Å². The summed E-state index contributed by atoms with van der Waals surface area (Å²) in [5.41, 5.74) is 0. The van der Waals surface area contributed by atoms with Gasteiger partial charge in [0, 0.05) is 6.54 Å². The summed E-state index contributed by atoms with van der Waals surface area (Å²) in [4.78, 5) is 10.3. The number of carbonyl (C=O) groups is 1. The van der Waals surface area contributed by atoms with Crippen LogP contribution < -0.4 is 5.32 Å². The Hall–Kier alpha value is -0.640. The van der Waals surface area contributed by atoms with Crippen molar-refractivity contribution < 1.29 is 14.3 Å². The van der Waals surface area contributed by atoms with Crippen LogP contribution in [0.15, 0.2) is 0 Å². The van der Waals surface area contributed by atoms with Gasteiger partial charge in [0.1, 0.15) is 12.2 Å². The highest BCUT2D eigenvalue weighted by Gasteiger charge is 2.24. The Kier molecular flexibility index (Phi) is 2.21. The Morgan fingerprint density at radius 3 is 2.70 bits per heavy atom. The Balaban J connectivity index is 2.33. The van der Waals surface area contributed by atoms with Gasteiger partial charge in [-0.25, -0.2) is 4.39 Å². The normalized spacial score (nSPS) is 33.7. The van der Waals surface area contributed by atoms with Gasteiger partial charge in [0.05, 0.1) is 0 Å². The molecule has 0 aromatic carbocycles. The number of carboxylic acids is 1. The summed E-state index contributed by atoms with van der Waals surface area (Å²) in [7, 11) is 0. The molecule has 2 atom stereocenters. The third-order valence-electron chi connectivity index (χ3n) is 1.65. The molecule has 1 aliphatic heterocycles. The molecule has 58 valence electrons. The SMILES string of the molecule is O=C(O)[C@@H]1CC[C@H](F)CN1. The second kappa shape index (κ2) is 2.96. The molecule has 0 aromatic heterocycles. The molecule has 1 aliphatic rings. The van der Waals surface area contributed by atoms with Crippen LogP contribution in [-0.2, 0) is 4.79 Å². The molecule has 1 saturated heterocycles. The molecule has 1 rings (SSSR count). The van der Waals surface area contributed by atoms with Gasteiger partial charge in [-0.3, -0.25) is 4.79 Å².